The predicted octanol–water partition coefficient (Wildman–Crippen LogP) is 4.40. The lowest BCUT2D eigenvalue weighted by Crippen LogP contribution is -2.12. The molecule has 1 amide bonds. The Morgan fingerprint density at radius 3 is 2.61 bits per heavy atom. The Morgan fingerprint density at radius 2 is 1.93 bits per heavy atom. The number of benzene rings is 2. The van der Waals surface area contributed by atoms with Gasteiger partial charge in [-0.05, 0) is 61.9 Å². The first kappa shape index (κ1) is 18.0. The van der Waals surface area contributed by atoms with Crippen LogP contribution in [-0.4, -0.2) is 25.7 Å². The van der Waals surface area contributed by atoms with Gasteiger partial charge in [0.15, 0.2) is 5.13 Å². The van der Waals surface area contributed by atoms with Crippen LogP contribution in [0.15, 0.2) is 55.1 Å². The lowest BCUT2D eigenvalue weighted by molar-refractivity contribution is 0.102. The summed E-state index contributed by atoms with van der Waals surface area (Å²) in [6.45, 7) is 3.83. The van der Waals surface area contributed by atoms with Gasteiger partial charge in [0.1, 0.15) is 18.5 Å². The Morgan fingerprint density at radius 1 is 1.14 bits per heavy atom. The van der Waals surface area contributed by atoms with E-state index < -0.39 is 0 Å². The Labute approximate surface area is 164 Å². The molecule has 0 radical (unpaired) electrons. The van der Waals surface area contributed by atoms with Crippen LogP contribution in [0.3, 0.4) is 0 Å². The van der Waals surface area contributed by atoms with Crippen molar-refractivity contribution in [3.8, 4) is 16.9 Å². The van der Waals surface area contributed by atoms with Crippen molar-refractivity contribution in [2.75, 3.05) is 5.32 Å². The van der Waals surface area contributed by atoms with Crippen LogP contribution in [0.2, 0.25) is 0 Å². The van der Waals surface area contributed by atoms with E-state index in [0.29, 0.717) is 10.7 Å². The monoisotopic (exact) mass is 393 g/mol. The van der Waals surface area contributed by atoms with Crippen molar-refractivity contribution < 1.29 is 9.18 Å². The van der Waals surface area contributed by atoms with Crippen LogP contribution in [0, 0.1) is 19.7 Å². The average Bonchev–Trinajstić information content (AvgIpc) is 3.32. The van der Waals surface area contributed by atoms with Crippen LogP contribution < -0.4 is 5.32 Å². The van der Waals surface area contributed by atoms with Crippen LogP contribution in [-0.2, 0) is 0 Å². The number of amides is 1. The largest absolute Gasteiger partial charge is 0.298 e. The quantitative estimate of drug-likeness (QED) is 0.558. The molecule has 6 nitrogen and oxygen atoms in total. The summed E-state index contributed by atoms with van der Waals surface area (Å²) in [7, 11) is 0. The number of rotatable bonds is 4. The van der Waals surface area contributed by atoms with Crippen LogP contribution in [0.1, 0.15) is 20.8 Å². The molecule has 0 spiro atoms. The molecule has 0 aliphatic carbocycles. The standard InChI is InChI=1S/C20H16FN5OS/c1-12-9-15(5-8-17(12)26-11-22-10-23-26)19(27)25-20-24-18(13(2)28-20)14-3-6-16(21)7-4-14/h3-11H,1-2H3,(H,24,25,27). The van der Waals surface area contributed by atoms with E-state index in [2.05, 4.69) is 20.4 Å². The van der Waals surface area contributed by atoms with Gasteiger partial charge in [0.25, 0.3) is 5.91 Å². The first-order chi connectivity index (χ1) is 13.5. The molecule has 2 heterocycles. The van der Waals surface area contributed by atoms with Gasteiger partial charge in [0.2, 0.25) is 0 Å². The molecule has 0 unspecified atom stereocenters. The van der Waals surface area contributed by atoms with Crippen LogP contribution >= 0.6 is 11.3 Å². The maximum Gasteiger partial charge on any atom is 0.257 e. The molecule has 4 rings (SSSR count). The van der Waals surface area contributed by atoms with E-state index in [1.54, 1.807) is 35.3 Å². The summed E-state index contributed by atoms with van der Waals surface area (Å²) >= 11 is 1.38. The third-order valence-corrected chi connectivity index (χ3v) is 5.15. The van der Waals surface area contributed by atoms with Crippen LogP contribution in [0.4, 0.5) is 9.52 Å². The fourth-order valence-corrected chi connectivity index (χ4v) is 3.71. The maximum atomic E-state index is 13.1. The summed E-state index contributed by atoms with van der Waals surface area (Å²) in [4.78, 5) is 22.0. The zero-order valence-electron chi connectivity index (χ0n) is 15.2. The molecule has 0 aliphatic rings. The normalized spacial score (nSPS) is 10.8. The number of nitrogens with one attached hydrogen (secondary N) is 1. The molecular formula is C20H16FN5OS. The summed E-state index contributed by atoms with van der Waals surface area (Å²) in [6, 6.07) is 11.5. The van der Waals surface area contributed by atoms with Gasteiger partial charge in [0.05, 0.1) is 11.4 Å². The summed E-state index contributed by atoms with van der Waals surface area (Å²) in [5, 5.41) is 7.45. The predicted molar refractivity (Wildman–Crippen MR) is 106 cm³/mol. The lowest BCUT2D eigenvalue weighted by Gasteiger charge is -2.08. The number of thiazole rings is 1. The maximum absolute atomic E-state index is 13.1. The summed E-state index contributed by atoms with van der Waals surface area (Å²) in [6.07, 6.45) is 3.07. The lowest BCUT2D eigenvalue weighted by atomic mass is 10.1. The number of hydrogen-bond donors (Lipinski definition) is 1. The van der Waals surface area contributed by atoms with Crippen LogP contribution in [0.5, 0.6) is 0 Å². The fraction of sp³-hybridized carbons (Fsp3) is 0.100. The van der Waals surface area contributed by atoms with Crippen molar-refractivity contribution in [1.82, 2.24) is 19.7 Å². The van der Waals surface area contributed by atoms with E-state index in [1.165, 1.54) is 29.8 Å². The van der Waals surface area contributed by atoms with Crippen molar-refractivity contribution in [3.63, 3.8) is 0 Å². The molecule has 0 fully saturated rings. The molecular weight excluding hydrogens is 377 g/mol. The molecule has 28 heavy (non-hydrogen) atoms. The SMILES string of the molecule is Cc1cc(C(=O)Nc2nc(-c3ccc(F)cc3)c(C)s2)ccc1-n1cncn1. The van der Waals surface area contributed by atoms with Gasteiger partial charge < -0.3 is 0 Å². The second-order valence-electron chi connectivity index (χ2n) is 6.23. The second kappa shape index (κ2) is 7.32. The van der Waals surface area contributed by atoms with Crippen molar-refractivity contribution in [3.05, 3.63) is 76.9 Å². The van der Waals surface area contributed by atoms with Gasteiger partial charge in [-0.15, -0.1) is 11.3 Å². The molecule has 140 valence electrons. The van der Waals surface area contributed by atoms with E-state index in [9.17, 15) is 9.18 Å². The van der Waals surface area contributed by atoms with E-state index in [0.717, 1.165) is 27.4 Å². The zero-order chi connectivity index (χ0) is 19.7. The topological polar surface area (TPSA) is 72.7 Å². The van der Waals surface area contributed by atoms with E-state index >= 15 is 0 Å². The van der Waals surface area contributed by atoms with E-state index in [-0.39, 0.29) is 11.7 Å². The summed E-state index contributed by atoms with van der Waals surface area (Å²) in [5.41, 5.74) is 3.83. The number of carbonyl (C=O) groups is 1. The van der Waals surface area contributed by atoms with Gasteiger partial charge >= 0.3 is 0 Å². The number of halogens is 1. The number of carbonyl (C=O) groups excluding carboxylic acids is 1. The first-order valence-electron chi connectivity index (χ1n) is 8.51. The molecule has 4 aromatic rings. The van der Waals surface area contributed by atoms with Crippen molar-refractivity contribution in [2.24, 2.45) is 0 Å². The number of aryl methyl sites for hydroxylation is 2. The van der Waals surface area contributed by atoms with Crippen molar-refractivity contribution in [1.29, 1.82) is 0 Å². The second-order valence-corrected chi connectivity index (χ2v) is 7.43. The highest BCUT2D eigenvalue weighted by Gasteiger charge is 2.14. The Balaban J connectivity index is 1.55. The minimum atomic E-state index is -0.296. The summed E-state index contributed by atoms with van der Waals surface area (Å²) in [5.74, 6) is -0.539. The number of hydrogen-bond acceptors (Lipinski definition) is 5. The Hall–Kier alpha value is -3.39. The first-order valence-corrected chi connectivity index (χ1v) is 9.33. The molecule has 1 N–H and O–H groups in total. The number of nitrogens with zero attached hydrogens (tertiary/aromatic N) is 4. The Kier molecular flexibility index (Phi) is 4.70. The molecule has 8 heteroatoms. The minimum absolute atomic E-state index is 0.243. The zero-order valence-corrected chi connectivity index (χ0v) is 16.0. The highest BCUT2D eigenvalue weighted by Crippen LogP contribution is 2.30. The smallest absolute Gasteiger partial charge is 0.257 e. The number of anilines is 1. The van der Waals surface area contributed by atoms with Crippen molar-refractivity contribution in [2.45, 2.75) is 13.8 Å². The molecule has 0 aliphatic heterocycles. The van der Waals surface area contributed by atoms with Gasteiger partial charge in [0, 0.05) is 16.0 Å². The highest BCUT2D eigenvalue weighted by atomic mass is 32.1. The third kappa shape index (κ3) is 3.54. The molecule has 0 saturated heterocycles. The minimum Gasteiger partial charge on any atom is -0.298 e. The molecule has 0 atom stereocenters. The molecule has 0 bridgehead atoms. The van der Waals surface area contributed by atoms with Crippen LogP contribution in [0.25, 0.3) is 16.9 Å². The van der Waals surface area contributed by atoms with E-state index in [4.69, 9.17) is 0 Å². The highest BCUT2D eigenvalue weighted by molar-refractivity contribution is 7.16. The number of aromatic nitrogens is 4. The summed E-state index contributed by atoms with van der Waals surface area (Å²) < 4.78 is 14.8. The molecule has 2 aromatic heterocycles. The van der Waals surface area contributed by atoms with Gasteiger partial charge in [-0.2, -0.15) is 5.10 Å². The molecule has 2 aromatic carbocycles. The van der Waals surface area contributed by atoms with Gasteiger partial charge in [-0.25, -0.2) is 19.0 Å². The molecule has 0 saturated carbocycles. The van der Waals surface area contributed by atoms with Gasteiger partial charge in [-0.3, -0.25) is 10.1 Å². The third-order valence-electron chi connectivity index (χ3n) is 4.26. The van der Waals surface area contributed by atoms with Gasteiger partial charge in [-0.1, -0.05) is 0 Å². The van der Waals surface area contributed by atoms with E-state index in [1.807, 2.05) is 19.9 Å². The average molecular weight is 393 g/mol. The van der Waals surface area contributed by atoms with Crippen molar-refractivity contribution >= 4 is 22.4 Å². The fourth-order valence-electron chi connectivity index (χ4n) is 2.88. The Bertz CT molecular complexity index is 1140.